The van der Waals surface area contributed by atoms with Crippen LogP contribution in [-0.2, 0) is 21.2 Å². The van der Waals surface area contributed by atoms with Gasteiger partial charge < -0.3 is 9.72 Å². The number of hydrazine groups is 1. The zero-order valence-electron chi connectivity index (χ0n) is 14.2. The van der Waals surface area contributed by atoms with Crippen molar-refractivity contribution in [1.82, 2.24) is 19.8 Å². The summed E-state index contributed by atoms with van der Waals surface area (Å²) in [5.74, 6) is 0.855. The lowest BCUT2D eigenvalue weighted by atomic mass is 10.1. The Morgan fingerprint density at radius 2 is 1.81 bits per heavy atom. The highest BCUT2D eigenvalue weighted by molar-refractivity contribution is 7.89. The fraction of sp³-hybridized carbons (Fsp3) is 0.278. The first-order valence-electron chi connectivity index (χ1n) is 8.48. The SMILES string of the molecule is O=S(=O)(NN1CCOCC1)c1ccc(Cc2nc3ccccc3[nH]2)cc1. The number of H-pyrrole nitrogens is 1. The number of rotatable bonds is 5. The summed E-state index contributed by atoms with van der Waals surface area (Å²) >= 11 is 0. The van der Waals surface area contributed by atoms with Crippen molar-refractivity contribution in [3.8, 4) is 0 Å². The van der Waals surface area contributed by atoms with E-state index in [4.69, 9.17) is 4.74 Å². The van der Waals surface area contributed by atoms with E-state index in [9.17, 15) is 8.42 Å². The number of imidazole rings is 1. The number of aromatic nitrogens is 2. The third kappa shape index (κ3) is 3.78. The third-order valence-electron chi connectivity index (χ3n) is 4.30. The van der Waals surface area contributed by atoms with Crippen LogP contribution in [0.5, 0.6) is 0 Å². The molecule has 0 aliphatic carbocycles. The molecule has 0 spiro atoms. The molecule has 0 unspecified atom stereocenters. The first-order chi connectivity index (χ1) is 12.6. The van der Waals surface area contributed by atoms with Crippen molar-refractivity contribution in [2.75, 3.05) is 26.3 Å². The zero-order valence-corrected chi connectivity index (χ0v) is 15.0. The second kappa shape index (κ2) is 7.16. The molecule has 0 saturated carbocycles. The van der Waals surface area contributed by atoms with Gasteiger partial charge in [0.2, 0.25) is 0 Å². The van der Waals surface area contributed by atoms with Gasteiger partial charge in [0, 0.05) is 19.5 Å². The maximum atomic E-state index is 12.5. The normalized spacial score (nSPS) is 16.2. The number of nitrogens with one attached hydrogen (secondary N) is 2. The standard InChI is InChI=1S/C18H20N4O3S/c23-26(24,21-22-9-11-25-12-10-22)15-7-5-14(6-8-15)13-18-19-16-3-1-2-4-17(16)20-18/h1-8,21H,9-13H2,(H,19,20). The van der Waals surface area contributed by atoms with E-state index in [0.717, 1.165) is 22.4 Å². The van der Waals surface area contributed by atoms with Crippen molar-refractivity contribution in [3.63, 3.8) is 0 Å². The molecule has 8 heteroatoms. The summed E-state index contributed by atoms with van der Waals surface area (Å²) in [6.45, 7) is 2.14. The number of aromatic amines is 1. The highest BCUT2D eigenvalue weighted by atomic mass is 32.2. The van der Waals surface area contributed by atoms with Gasteiger partial charge in [0.25, 0.3) is 10.0 Å². The van der Waals surface area contributed by atoms with Crippen molar-refractivity contribution >= 4 is 21.1 Å². The molecule has 0 atom stereocenters. The lowest BCUT2D eigenvalue weighted by Gasteiger charge is -2.26. The summed E-state index contributed by atoms with van der Waals surface area (Å²) in [5.41, 5.74) is 2.92. The number of para-hydroxylation sites is 2. The van der Waals surface area contributed by atoms with Crippen LogP contribution in [-0.4, -0.2) is 49.7 Å². The highest BCUT2D eigenvalue weighted by Gasteiger charge is 2.20. The first kappa shape index (κ1) is 17.2. The number of morpholine rings is 1. The van der Waals surface area contributed by atoms with Crippen LogP contribution in [0, 0.1) is 0 Å². The first-order valence-corrected chi connectivity index (χ1v) is 9.96. The molecule has 7 nitrogen and oxygen atoms in total. The van der Waals surface area contributed by atoms with Gasteiger partial charge in [-0.3, -0.25) is 0 Å². The Labute approximate surface area is 152 Å². The number of fused-ring (bicyclic) bond motifs is 1. The lowest BCUT2D eigenvalue weighted by molar-refractivity contribution is 0.0272. The molecule has 0 amide bonds. The monoisotopic (exact) mass is 372 g/mol. The minimum Gasteiger partial charge on any atom is -0.379 e. The van der Waals surface area contributed by atoms with Crippen LogP contribution >= 0.6 is 0 Å². The van der Waals surface area contributed by atoms with Crippen molar-refractivity contribution < 1.29 is 13.2 Å². The molecular formula is C18H20N4O3S. The summed E-state index contributed by atoms with van der Waals surface area (Å²) < 4.78 is 30.2. The Morgan fingerprint density at radius 1 is 1.08 bits per heavy atom. The predicted octanol–water partition coefficient (Wildman–Crippen LogP) is 1.68. The molecule has 0 bridgehead atoms. The summed E-state index contributed by atoms with van der Waals surface area (Å²) in [5, 5.41) is 1.67. The lowest BCUT2D eigenvalue weighted by Crippen LogP contribution is -2.48. The molecule has 26 heavy (non-hydrogen) atoms. The van der Waals surface area contributed by atoms with Gasteiger partial charge in [0.05, 0.1) is 29.1 Å². The molecule has 3 aromatic rings. The second-order valence-corrected chi connectivity index (χ2v) is 7.88. The molecule has 1 saturated heterocycles. The highest BCUT2D eigenvalue weighted by Crippen LogP contribution is 2.16. The van der Waals surface area contributed by atoms with Crippen LogP contribution in [0.2, 0.25) is 0 Å². The Morgan fingerprint density at radius 3 is 2.54 bits per heavy atom. The van der Waals surface area contributed by atoms with Gasteiger partial charge in [-0.1, -0.05) is 24.3 Å². The summed E-state index contributed by atoms with van der Waals surface area (Å²) in [7, 11) is -3.57. The van der Waals surface area contributed by atoms with Crippen molar-refractivity contribution in [2.24, 2.45) is 0 Å². The second-order valence-electron chi connectivity index (χ2n) is 6.22. The number of hydrogen-bond donors (Lipinski definition) is 2. The van der Waals surface area contributed by atoms with Gasteiger partial charge in [0.15, 0.2) is 0 Å². The average molecular weight is 372 g/mol. The predicted molar refractivity (Wildman–Crippen MR) is 98.1 cm³/mol. The van der Waals surface area contributed by atoms with Gasteiger partial charge >= 0.3 is 0 Å². The number of ether oxygens (including phenoxy) is 1. The van der Waals surface area contributed by atoms with E-state index in [1.54, 1.807) is 17.1 Å². The molecule has 1 aromatic heterocycles. The van der Waals surface area contributed by atoms with Crippen LogP contribution < -0.4 is 4.83 Å². The fourth-order valence-electron chi connectivity index (χ4n) is 2.95. The summed E-state index contributed by atoms with van der Waals surface area (Å²) in [6, 6.07) is 14.8. The number of hydrogen-bond acceptors (Lipinski definition) is 5. The van der Waals surface area contributed by atoms with Crippen molar-refractivity contribution in [1.29, 1.82) is 0 Å². The minimum atomic E-state index is -3.57. The van der Waals surface area contributed by atoms with E-state index in [0.29, 0.717) is 32.7 Å². The smallest absolute Gasteiger partial charge is 0.253 e. The van der Waals surface area contributed by atoms with E-state index < -0.39 is 10.0 Å². The van der Waals surface area contributed by atoms with Gasteiger partial charge in [-0.15, -0.1) is 4.83 Å². The molecule has 1 aliphatic heterocycles. The average Bonchev–Trinajstić information content (AvgIpc) is 3.05. The topological polar surface area (TPSA) is 87.3 Å². The number of sulfonamides is 1. The minimum absolute atomic E-state index is 0.248. The Kier molecular flexibility index (Phi) is 4.73. The van der Waals surface area contributed by atoms with E-state index in [1.807, 2.05) is 36.4 Å². The molecule has 0 radical (unpaired) electrons. The van der Waals surface area contributed by atoms with Crippen molar-refractivity contribution in [2.45, 2.75) is 11.3 Å². The molecule has 1 aliphatic rings. The Balaban J connectivity index is 1.47. The van der Waals surface area contributed by atoms with Gasteiger partial charge in [-0.25, -0.2) is 18.4 Å². The largest absolute Gasteiger partial charge is 0.379 e. The maximum absolute atomic E-state index is 12.5. The number of nitrogens with zero attached hydrogens (tertiary/aromatic N) is 2. The van der Waals surface area contributed by atoms with E-state index in [-0.39, 0.29) is 4.90 Å². The molecule has 1 fully saturated rings. The number of benzene rings is 2. The fourth-order valence-corrected chi connectivity index (χ4v) is 4.07. The molecule has 4 rings (SSSR count). The van der Waals surface area contributed by atoms with E-state index >= 15 is 0 Å². The van der Waals surface area contributed by atoms with Gasteiger partial charge in [-0.2, -0.15) is 0 Å². The van der Waals surface area contributed by atoms with Crippen LogP contribution in [0.4, 0.5) is 0 Å². The molecule has 2 heterocycles. The van der Waals surface area contributed by atoms with Crippen LogP contribution in [0.1, 0.15) is 11.4 Å². The van der Waals surface area contributed by atoms with Crippen LogP contribution in [0.25, 0.3) is 11.0 Å². The summed E-state index contributed by atoms with van der Waals surface area (Å²) in [6.07, 6.45) is 0.617. The molecule has 2 N–H and O–H groups in total. The Hall–Kier alpha value is -2.26. The molecule has 2 aromatic carbocycles. The molecule has 136 valence electrons. The van der Waals surface area contributed by atoms with E-state index in [2.05, 4.69) is 14.8 Å². The van der Waals surface area contributed by atoms with E-state index in [1.165, 1.54) is 0 Å². The zero-order chi connectivity index (χ0) is 18.0. The van der Waals surface area contributed by atoms with Gasteiger partial charge in [0.1, 0.15) is 5.82 Å². The van der Waals surface area contributed by atoms with Gasteiger partial charge in [-0.05, 0) is 29.8 Å². The third-order valence-corrected chi connectivity index (χ3v) is 5.70. The maximum Gasteiger partial charge on any atom is 0.253 e. The van der Waals surface area contributed by atoms with Crippen LogP contribution in [0.15, 0.2) is 53.4 Å². The summed E-state index contributed by atoms with van der Waals surface area (Å²) in [4.78, 5) is 10.7. The molecular weight excluding hydrogens is 352 g/mol. The van der Waals surface area contributed by atoms with Crippen molar-refractivity contribution in [3.05, 3.63) is 59.9 Å². The quantitative estimate of drug-likeness (QED) is 0.712. The van der Waals surface area contributed by atoms with Crippen LogP contribution in [0.3, 0.4) is 0 Å². The Bertz CT molecular complexity index is 960.